The van der Waals surface area contributed by atoms with Crippen LogP contribution in [0.15, 0.2) is 18.2 Å². The Balaban J connectivity index is 2.30. The fourth-order valence-corrected chi connectivity index (χ4v) is 1.81. The molecule has 0 saturated carbocycles. The zero-order valence-electron chi connectivity index (χ0n) is 8.14. The molecule has 0 aliphatic carbocycles. The maximum atomic E-state index is 10.8. The monoisotopic (exact) mass is 205 g/mol. The number of carbonyl (C=O) groups is 2. The quantitative estimate of drug-likeness (QED) is 0.707. The molecule has 1 aromatic rings. The van der Waals surface area contributed by atoms with Gasteiger partial charge in [-0.05, 0) is 23.6 Å². The average Bonchev–Trinajstić information content (AvgIpc) is 2.27. The first-order valence-electron chi connectivity index (χ1n) is 4.75. The van der Waals surface area contributed by atoms with Crippen LogP contribution >= 0.6 is 0 Å². The lowest BCUT2D eigenvalue weighted by molar-refractivity contribution is 0.112. The molecule has 1 N–H and O–H groups in total. The minimum absolute atomic E-state index is 0.381. The number of fused-ring (bicyclic) bond motifs is 1. The van der Waals surface area contributed by atoms with Crippen molar-refractivity contribution >= 4 is 12.4 Å². The fourth-order valence-electron chi connectivity index (χ4n) is 1.81. The van der Waals surface area contributed by atoms with E-state index in [4.69, 9.17) is 5.11 Å². The van der Waals surface area contributed by atoms with Crippen LogP contribution in [-0.4, -0.2) is 28.9 Å². The molecule has 1 heterocycles. The molecule has 0 radical (unpaired) electrons. The maximum Gasteiger partial charge on any atom is 0.407 e. The van der Waals surface area contributed by atoms with Gasteiger partial charge in [0.25, 0.3) is 0 Å². The summed E-state index contributed by atoms with van der Waals surface area (Å²) in [5, 5.41) is 8.85. The Labute approximate surface area is 87.1 Å². The molecule has 4 nitrogen and oxygen atoms in total. The number of rotatable bonds is 1. The van der Waals surface area contributed by atoms with Gasteiger partial charge in [0.15, 0.2) is 0 Å². The molecule has 0 unspecified atom stereocenters. The summed E-state index contributed by atoms with van der Waals surface area (Å²) in [4.78, 5) is 22.7. The van der Waals surface area contributed by atoms with Gasteiger partial charge >= 0.3 is 6.09 Å². The van der Waals surface area contributed by atoms with Gasteiger partial charge in [-0.15, -0.1) is 0 Å². The number of amides is 1. The van der Waals surface area contributed by atoms with Crippen molar-refractivity contribution in [3.05, 3.63) is 34.9 Å². The molecular weight excluding hydrogens is 194 g/mol. The van der Waals surface area contributed by atoms with Crippen molar-refractivity contribution in [2.24, 2.45) is 0 Å². The Kier molecular flexibility index (Phi) is 2.41. The summed E-state index contributed by atoms with van der Waals surface area (Å²) in [7, 11) is 0. The topological polar surface area (TPSA) is 57.6 Å². The molecule has 0 fully saturated rings. The van der Waals surface area contributed by atoms with Gasteiger partial charge in [0, 0.05) is 18.7 Å². The van der Waals surface area contributed by atoms with Gasteiger partial charge in [-0.3, -0.25) is 4.79 Å². The molecule has 0 saturated heterocycles. The van der Waals surface area contributed by atoms with Crippen LogP contribution in [0.5, 0.6) is 0 Å². The summed E-state index contributed by atoms with van der Waals surface area (Å²) < 4.78 is 0. The smallest absolute Gasteiger partial charge is 0.407 e. The van der Waals surface area contributed by atoms with Gasteiger partial charge < -0.3 is 10.0 Å². The van der Waals surface area contributed by atoms with Gasteiger partial charge in [-0.2, -0.15) is 0 Å². The van der Waals surface area contributed by atoms with Crippen molar-refractivity contribution in [2.45, 2.75) is 13.0 Å². The standard InChI is InChI=1S/C11H11NO3/c13-7-8-1-2-9-3-4-12(11(14)15)6-10(9)5-8/h1-2,5,7H,3-4,6H2,(H,14,15). The molecule has 4 heteroatoms. The third-order valence-electron chi connectivity index (χ3n) is 2.65. The fraction of sp³-hybridized carbons (Fsp3) is 0.273. The van der Waals surface area contributed by atoms with Crippen molar-refractivity contribution in [1.82, 2.24) is 4.90 Å². The van der Waals surface area contributed by atoms with Crippen molar-refractivity contribution < 1.29 is 14.7 Å². The highest BCUT2D eigenvalue weighted by molar-refractivity contribution is 5.75. The lowest BCUT2D eigenvalue weighted by Gasteiger charge is -2.26. The summed E-state index contributed by atoms with van der Waals surface area (Å²) >= 11 is 0. The molecule has 2 rings (SSSR count). The van der Waals surface area contributed by atoms with Crippen molar-refractivity contribution in [3.63, 3.8) is 0 Å². The molecule has 78 valence electrons. The lowest BCUT2D eigenvalue weighted by atomic mass is 9.98. The van der Waals surface area contributed by atoms with Crippen LogP contribution < -0.4 is 0 Å². The second-order valence-electron chi connectivity index (χ2n) is 3.60. The molecule has 15 heavy (non-hydrogen) atoms. The first-order valence-corrected chi connectivity index (χ1v) is 4.75. The largest absolute Gasteiger partial charge is 0.465 e. The summed E-state index contributed by atoms with van der Waals surface area (Å²) in [6.07, 6.45) is 0.595. The van der Waals surface area contributed by atoms with E-state index in [-0.39, 0.29) is 0 Å². The highest BCUT2D eigenvalue weighted by atomic mass is 16.4. The second kappa shape index (κ2) is 3.73. The first-order chi connectivity index (χ1) is 7.20. The van der Waals surface area contributed by atoms with Gasteiger partial charge in [0.1, 0.15) is 6.29 Å². The van der Waals surface area contributed by atoms with E-state index in [0.717, 1.165) is 23.8 Å². The number of benzene rings is 1. The number of hydrogen-bond acceptors (Lipinski definition) is 2. The van der Waals surface area contributed by atoms with E-state index >= 15 is 0 Å². The minimum atomic E-state index is -0.905. The van der Waals surface area contributed by atoms with Gasteiger partial charge in [0.2, 0.25) is 0 Å². The van der Waals surface area contributed by atoms with E-state index in [0.29, 0.717) is 18.7 Å². The molecule has 1 aromatic carbocycles. The van der Waals surface area contributed by atoms with Crippen LogP contribution in [0, 0.1) is 0 Å². The van der Waals surface area contributed by atoms with Gasteiger partial charge in [0.05, 0.1) is 0 Å². The second-order valence-corrected chi connectivity index (χ2v) is 3.60. The highest BCUT2D eigenvalue weighted by Gasteiger charge is 2.19. The molecule has 1 amide bonds. The maximum absolute atomic E-state index is 10.8. The van der Waals surface area contributed by atoms with Crippen molar-refractivity contribution in [1.29, 1.82) is 0 Å². The van der Waals surface area contributed by atoms with E-state index in [1.807, 2.05) is 6.07 Å². The summed E-state index contributed by atoms with van der Waals surface area (Å²) in [5.41, 5.74) is 2.67. The molecule has 0 bridgehead atoms. The number of carbonyl (C=O) groups excluding carboxylic acids is 1. The van der Waals surface area contributed by atoms with Crippen LogP contribution in [0.2, 0.25) is 0 Å². The normalized spacial score (nSPS) is 14.5. The van der Waals surface area contributed by atoms with Crippen molar-refractivity contribution in [2.75, 3.05) is 6.54 Å². The van der Waals surface area contributed by atoms with Crippen LogP contribution in [0.4, 0.5) is 4.79 Å². The Hall–Kier alpha value is -1.84. The number of carboxylic acid groups (broad SMARTS) is 1. The summed E-state index contributed by atoms with van der Waals surface area (Å²) in [6.45, 7) is 0.912. The molecule has 0 atom stereocenters. The van der Waals surface area contributed by atoms with E-state index in [1.54, 1.807) is 12.1 Å². The van der Waals surface area contributed by atoms with E-state index in [2.05, 4.69) is 0 Å². The van der Waals surface area contributed by atoms with E-state index in [9.17, 15) is 9.59 Å². The molecule has 0 spiro atoms. The molecular formula is C11H11NO3. The molecule has 1 aliphatic rings. The van der Waals surface area contributed by atoms with Crippen LogP contribution in [-0.2, 0) is 13.0 Å². The Morgan fingerprint density at radius 3 is 2.87 bits per heavy atom. The predicted molar refractivity (Wildman–Crippen MR) is 54.0 cm³/mol. The molecule has 0 aromatic heterocycles. The summed E-state index contributed by atoms with van der Waals surface area (Å²) in [5.74, 6) is 0. The SMILES string of the molecule is O=Cc1ccc2c(c1)CN(C(=O)O)CC2. The molecule has 1 aliphatic heterocycles. The Morgan fingerprint density at radius 2 is 2.20 bits per heavy atom. The van der Waals surface area contributed by atoms with Crippen molar-refractivity contribution in [3.8, 4) is 0 Å². The van der Waals surface area contributed by atoms with Gasteiger partial charge in [-0.1, -0.05) is 12.1 Å². The highest BCUT2D eigenvalue weighted by Crippen LogP contribution is 2.19. The Morgan fingerprint density at radius 1 is 1.40 bits per heavy atom. The number of aldehydes is 1. The van der Waals surface area contributed by atoms with Gasteiger partial charge in [-0.25, -0.2) is 4.79 Å². The third kappa shape index (κ3) is 1.83. The van der Waals surface area contributed by atoms with E-state index in [1.165, 1.54) is 4.90 Å². The van der Waals surface area contributed by atoms with Crippen LogP contribution in [0.3, 0.4) is 0 Å². The minimum Gasteiger partial charge on any atom is -0.465 e. The number of nitrogens with zero attached hydrogens (tertiary/aromatic N) is 1. The number of hydrogen-bond donors (Lipinski definition) is 1. The van der Waals surface area contributed by atoms with E-state index < -0.39 is 6.09 Å². The lowest BCUT2D eigenvalue weighted by Crippen LogP contribution is -2.34. The predicted octanol–water partition coefficient (Wildman–Crippen LogP) is 1.54. The third-order valence-corrected chi connectivity index (χ3v) is 2.65. The zero-order valence-corrected chi connectivity index (χ0v) is 8.14. The zero-order chi connectivity index (χ0) is 10.8. The van der Waals surface area contributed by atoms with Crippen LogP contribution in [0.25, 0.3) is 0 Å². The Bertz CT molecular complexity index is 414. The summed E-state index contributed by atoms with van der Waals surface area (Å²) in [6, 6.07) is 5.43. The van der Waals surface area contributed by atoms with Crippen LogP contribution in [0.1, 0.15) is 21.5 Å². The average molecular weight is 205 g/mol. The first kappa shape index (κ1) is 9.71.